The monoisotopic (exact) mass is 318 g/mol. The minimum Gasteiger partial charge on any atom is -0.449 e. The summed E-state index contributed by atoms with van der Waals surface area (Å²) in [6, 6.07) is 5.47. The highest BCUT2D eigenvalue weighted by atomic mass is 16.6. The van der Waals surface area contributed by atoms with Crippen LogP contribution >= 0.6 is 0 Å². The molecule has 9 nitrogen and oxygen atoms in total. The van der Waals surface area contributed by atoms with E-state index in [4.69, 9.17) is 4.74 Å². The van der Waals surface area contributed by atoms with Crippen molar-refractivity contribution in [3.05, 3.63) is 52.3 Å². The highest BCUT2D eigenvalue weighted by Gasteiger charge is 2.20. The predicted molar refractivity (Wildman–Crippen MR) is 79.8 cm³/mol. The first-order chi connectivity index (χ1) is 10.9. The average molecular weight is 318 g/mol. The molecule has 23 heavy (non-hydrogen) atoms. The smallest absolute Gasteiger partial charge is 0.342 e. The van der Waals surface area contributed by atoms with Crippen LogP contribution in [-0.2, 0) is 16.6 Å². The first-order valence-electron chi connectivity index (χ1n) is 6.62. The molecule has 1 aromatic carbocycles. The van der Waals surface area contributed by atoms with E-state index in [1.54, 1.807) is 7.05 Å². The van der Waals surface area contributed by atoms with Crippen LogP contribution in [0.1, 0.15) is 17.3 Å². The molecular weight excluding hydrogens is 304 g/mol. The molecule has 0 aliphatic heterocycles. The SMILES string of the molecule is CC(OC(=O)c1cnn(C)c1)C(=O)Nc1cccc([N+](=O)[O-])c1. The number of ether oxygens (including phenoxy) is 1. The molecule has 120 valence electrons. The van der Waals surface area contributed by atoms with Crippen molar-refractivity contribution >= 4 is 23.3 Å². The van der Waals surface area contributed by atoms with Crippen LogP contribution < -0.4 is 5.32 Å². The summed E-state index contributed by atoms with van der Waals surface area (Å²) in [5.41, 5.74) is 0.318. The number of nitrogens with one attached hydrogen (secondary N) is 1. The molecule has 1 unspecified atom stereocenters. The topological polar surface area (TPSA) is 116 Å². The predicted octanol–water partition coefficient (Wildman–Crippen LogP) is 1.51. The molecule has 2 aromatic rings. The fourth-order valence-electron chi connectivity index (χ4n) is 1.75. The van der Waals surface area contributed by atoms with Crippen molar-refractivity contribution in [2.24, 2.45) is 7.05 Å². The van der Waals surface area contributed by atoms with E-state index >= 15 is 0 Å². The molecule has 9 heteroatoms. The van der Waals surface area contributed by atoms with Crippen molar-refractivity contribution in [1.29, 1.82) is 0 Å². The van der Waals surface area contributed by atoms with Crippen LogP contribution in [0.4, 0.5) is 11.4 Å². The van der Waals surface area contributed by atoms with Gasteiger partial charge in [0, 0.05) is 31.1 Å². The lowest BCUT2D eigenvalue weighted by Crippen LogP contribution is -2.29. The summed E-state index contributed by atoms with van der Waals surface area (Å²) in [6.45, 7) is 1.40. The number of nitrogens with zero attached hydrogens (tertiary/aromatic N) is 3. The standard InChI is InChI=1S/C14H14N4O5/c1-9(23-14(20)10-7-15-17(2)8-10)13(19)16-11-4-3-5-12(6-11)18(21)22/h3-9H,1-2H3,(H,16,19). The van der Waals surface area contributed by atoms with Gasteiger partial charge in [0.2, 0.25) is 0 Å². The summed E-state index contributed by atoms with van der Waals surface area (Å²) < 4.78 is 6.46. The average Bonchev–Trinajstić information content (AvgIpc) is 2.94. The Bertz CT molecular complexity index is 755. The quantitative estimate of drug-likeness (QED) is 0.507. The summed E-state index contributed by atoms with van der Waals surface area (Å²) in [7, 11) is 1.65. The maximum absolute atomic E-state index is 12.0. The van der Waals surface area contributed by atoms with Crippen molar-refractivity contribution in [2.45, 2.75) is 13.0 Å². The molecule has 2 rings (SSSR count). The number of rotatable bonds is 5. The van der Waals surface area contributed by atoms with Gasteiger partial charge in [-0.2, -0.15) is 5.10 Å². The fourth-order valence-corrected chi connectivity index (χ4v) is 1.75. The number of anilines is 1. The third kappa shape index (κ3) is 4.13. The van der Waals surface area contributed by atoms with Crippen molar-refractivity contribution in [1.82, 2.24) is 9.78 Å². The fraction of sp³-hybridized carbons (Fsp3) is 0.214. The number of amides is 1. The van der Waals surface area contributed by atoms with E-state index in [1.165, 1.54) is 48.3 Å². The Kier molecular flexibility index (Phi) is 4.69. The Morgan fingerprint density at radius 3 is 2.78 bits per heavy atom. The number of aromatic nitrogens is 2. The molecule has 0 radical (unpaired) electrons. The number of hydrogen-bond acceptors (Lipinski definition) is 6. The van der Waals surface area contributed by atoms with Gasteiger partial charge in [0.15, 0.2) is 6.10 Å². The van der Waals surface area contributed by atoms with E-state index < -0.39 is 22.9 Å². The van der Waals surface area contributed by atoms with Crippen LogP contribution in [0.3, 0.4) is 0 Å². The Morgan fingerprint density at radius 2 is 2.17 bits per heavy atom. The minimum atomic E-state index is -1.07. The van der Waals surface area contributed by atoms with E-state index in [2.05, 4.69) is 10.4 Å². The van der Waals surface area contributed by atoms with Gasteiger partial charge in [-0.3, -0.25) is 19.6 Å². The molecule has 0 spiro atoms. The van der Waals surface area contributed by atoms with Gasteiger partial charge < -0.3 is 10.1 Å². The van der Waals surface area contributed by atoms with Crippen molar-refractivity contribution < 1.29 is 19.2 Å². The molecule has 0 saturated carbocycles. The van der Waals surface area contributed by atoms with Crippen LogP contribution in [0, 0.1) is 10.1 Å². The number of carbonyl (C=O) groups is 2. The second-order valence-corrected chi connectivity index (χ2v) is 4.75. The Labute approximate surface area is 131 Å². The number of nitro benzene ring substituents is 1. The maximum atomic E-state index is 12.0. The number of aryl methyl sites for hydroxylation is 1. The van der Waals surface area contributed by atoms with E-state index in [0.717, 1.165) is 0 Å². The van der Waals surface area contributed by atoms with Gasteiger partial charge in [0.05, 0.1) is 16.7 Å². The minimum absolute atomic E-state index is 0.150. The van der Waals surface area contributed by atoms with Gasteiger partial charge in [-0.1, -0.05) is 6.07 Å². The number of nitro groups is 1. The van der Waals surface area contributed by atoms with Crippen LogP contribution in [0.15, 0.2) is 36.7 Å². The zero-order chi connectivity index (χ0) is 17.0. The molecule has 1 atom stereocenters. The van der Waals surface area contributed by atoms with Gasteiger partial charge >= 0.3 is 5.97 Å². The summed E-state index contributed by atoms with van der Waals surface area (Å²) in [6.07, 6.45) is 1.73. The Balaban J connectivity index is 1.98. The van der Waals surface area contributed by atoms with Gasteiger partial charge in [-0.15, -0.1) is 0 Å². The molecule has 1 amide bonds. The third-order valence-electron chi connectivity index (χ3n) is 2.92. The Hall–Kier alpha value is -3.23. The lowest BCUT2D eigenvalue weighted by atomic mass is 10.2. The second kappa shape index (κ2) is 6.69. The molecule has 1 aromatic heterocycles. The maximum Gasteiger partial charge on any atom is 0.342 e. The van der Waals surface area contributed by atoms with Gasteiger partial charge in [0.1, 0.15) is 0 Å². The zero-order valence-electron chi connectivity index (χ0n) is 12.4. The lowest BCUT2D eigenvalue weighted by Gasteiger charge is -2.12. The first kappa shape index (κ1) is 16.1. The summed E-state index contributed by atoms with van der Waals surface area (Å²) >= 11 is 0. The molecule has 1 heterocycles. The highest BCUT2D eigenvalue weighted by Crippen LogP contribution is 2.17. The lowest BCUT2D eigenvalue weighted by molar-refractivity contribution is -0.384. The number of esters is 1. The van der Waals surface area contributed by atoms with E-state index in [1.807, 2.05) is 0 Å². The second-order valence-electron chi connectivity index (χ2n) is 4.75. The summed E-state index contributed by atoms with van der Waals surface area (Å²) in [5.74, 6) is -1.28. The first-order valence-corrected chi connectivity index (χ1v) is 6.62. The van der Waals surface area contributed by atoms with Gasteiger partial charge in [0.25, 0.3) is 11.6 Å². The Morgan fingerprint density at radius 1 is 1.43 bits per heavy atom. The van der Waals surface area contributed by atoms with Crippen molar-refractivity contribution in [2.75, 3.05) is 5.32 Å². The number of hydrogen-bond donors (Lipinski definition) is 1. The molecule has 0 aliphatic carbocycles. The van der Waals surface area contributed by atoms with Crippen LogP contribution in [0.2, 0.25) is 0 Å². The van der Waals surface area contributed by atoms with E-state index in [-0.39, 0.29) is 16.9 Å². The molecule has 0 aliphatic rings. The van der Waals surface area contributed by atoms with E-state index in [0.29, 0.717) is 0 Å². The van der Waals surface area contributed by atoms with Crippen molar-refractivity contribution in [3.8, 4) is 0 Å². The number of non-ortho nitro benzene ring substituents is 1. The van der Waals surface area contributed by atoms with Gasteiger partial charge in [-0.05, 0) is 13.0 Å². The molecule has 0 bridgehead atoms. The third-order valence-corrected chi connectivity index (χ3v) is 2.92. The van der Waals surface area contributed by atoms with Crippen molar-refractivity contribution in [3.63, 3.8) is 0 Å². The normalized spacial score (nSPS) is 11.6. The molecule has 0 saturated heterocycles. The summed E-state index contributed by atoms with van der Waals surface area (Å²) in [4.78, 5) is 33.9. The largest absolute Gasteiger partial charge is 0.449 e. The highest BCUT2D eigenvalue weighted by molar-refractivity contribution is 5.97. The van der Waals surface area contributed by atoms with Crippen LogP contribution in [-0.4, -0.2) is 32.7 Å². The van der Waals surface area contributed by atoms with Gasteiger partial charge in [-0.25, -0.2) is 4.79 Å². The molecular formula is C14H14N4O5. The molecule has 1 N–H and O–H groups in total. The zero-order valence-corrected chi connectivity index (χ0v) is 12.4. The number of benzene rings is 1. The van der Waals surface area contributed by atoms with E-state index in [9.17, 15) is 19.7 Å². The summed E-state index contributed by atoms with van der Waals surface area (Å²) in [5, 5.41) is 17.0. The van der Waals surface area contributed by atoms with Crippen LogP contribution in [0.25, 0.3) is 0 Å². The van der Waals surface area contributed by atoms with Crippen LogP contribution in [0.5, 0.6) is 0 Å². The molecule has 0 fully saturated rings. The number of carbonyl (C=O) groups excluding carboxylic acids is 2.